The fraction of sp³-hybridized carbons (Fsp3) is 0.684. The molecule has 112 valence electrons. The molecular formula is C19H30O. The second-order valence-electron chi connectivity index (χ2n) is 8.04. The summed E-state index contributed by atoms with van der Waals surface area (Å²) in [6, 6.07) is 6.64. The summed E-state index contributed by atoms with van der Waals surface area (Å²) in [5, 5.41) is 10.9. The summed E-state index contributed by atoms with van der Waals surface area (Å²) in [6.07, 6.45) is 5.02. The maximum absolute atomic E-state index is 10.9. The van der Waals surface area contributed by atoms with E-state index in [0.717, 1.165) is 38.0 Å². The number of aliphatic hydroxyl groups is 1. The smallest absolute Gasteiger partial charge is 0.0688 e. The Kier molecular flexibility index (Phi) is 4.30. The lowest BCUT2D eigenvalue weighted by Crippen LogP contribution is -2.39. The van der Waals surface area contributed by atoms with Crippen LogP contribution in [-0.4, -0.2) is 10.7 Å². The molecule has 1 fully saturated rings. The van der Waals surface area contributed by atoms with Crippen LogP contribution < -0.4 is 0 Å². The zero-order valence-electron chi connectivity index (χ0n) is 13.8. The highest BCUT2D eigenvalue weighted by molar-refractivity contribution is 5.29. The molecular weight excluding hydrogens is 244 g/mol. The van der Waals surface area contributed by atoms with Crippen molar-refractivity contribution in [1.82, 2.24) is 0 Å². The van der Waals surface area contributed by atoms with Gasteiger partial charge in [0.15, 0.2) is 0 Å². The van der Waals surface area contributed by atoms with Gasteiger partial charge >= 0.3 is 0 Å². The van der Waals surface area contributed by atoms with E-state index < -0.39 is 5.60 Å². The Balaban J connectivity index is 2.03. The van der Waals surface area contributed by atoms with Gasteiger partial charge in [0.25, 0.3) is 0 Å². The van der Waals surface area contributed by atoms with Crippen molar-refractivity contribution in [2.45, 2.75) is 72.3 Å². The summed E-state index contributed by atoms with van der Waals surface area (Å²) in [5.74, 6) is 0.752. The standard InChI is InChI=1S/C19H30O/c1-14-10-15(2)12-16(11-14)13-19(20)8-6-17(7-9-19)18(3,4)5/h10-12,17,20H,6-9,13H2,1-5H3. The largest absolute Gasteiger partial charge is 0.390 e. The lowest BCUT2D eigenvalue weighted by Gasteiger charge is -2.41. The van der Waals surface area contributed by atoms with Gasteiger partial charge in [-0.3, -0.25) is 0 Å². The van der Waals surface area contributed by atoms with Crippen LogP contribution in [0.1, 0.15) is 63.1 Å². The van der Waals surface area contributed by atoms with Crippen LogP contribution >= 0.6 is 0 Å². The minimum atomic E-state index is -0.484. The Labute approximate surface area is 124 Å². The van der Waals surface area contributed by atoms with E-state index in [4.69, 9.17) is 0 Å². The second-order valence-corrected chi connectivity index (χ2v) is 8.04. The van der Waals surface area contributed by atoms with E-state index in [-0.39, 0.29) is 0 Å². The monoisotopic (exact) mass is 274 g/mol. The molecule has 1 heteroatoms. The molecule has 1 aromatic rings. The van der Waals surface area contributed by atoms with Crippen LogP contribution in [0.5, 0.6) is 0 Å². The topological polar surface area (TPSA) is 20.2 Å². The van der Waals surface area contributed by atoms with Crippen molar-refractivity contribution in [3.63, 3.8) is 0 Å². The van der Waals surface area contributed by atoms with Crippen molar-refractivity contribution in [3.05, 3.63) is 34.9 Å². The van der Waals surface area contributed by atoms with Gasteiger partial charge in [-0.15, -0.1) is 0 Å². The Morgan fingerprint density at radius 2 is 1.55 bits per heavy atom. The van der Waals surface area contributed by atoms with E-state index in [9.17, 15) is 5.11 Å². The number of rotatable bonds is 2. The van der Waals surface area contributed by atoms with Crippen LogP contribution in [0.2, 0.25) is 0 Å². The molecule has 0 aromatic heterocycles. The Morgan fingerprint density at radius 1 is 1.05 bits per heavy atom. The number of hydrogen-bond acceptors (Lipinski definition) is 1. The SMILES string of the molecule is Cc1cc(C)cc(CC2(O)CCC(C(C)(C)C)CC2)c1. The van der Waals surface area contributed by atoms with Crippen molar-refractivity contribution in [3.8, 4) is 0 Å². The minimum Gasteiger partial charge on any atom is -0.390 e. The molecule has 1 aromatic carbocycles. The van der Waals surface area contributed by atoms with E-state index in [1.807, 2.05) is 0 Å². The number of aryl methyl sites for hydroxylation is 2. The first-order chi connectivity index (χ1) is 9.18. The predicted molar refractivity (Wildman–Crippen MR) is 86.0 cm³/mol. The molecule has 0 heterocycles. The molecule has 0 bridgehead atoms. The summed E-state index contributed by atoms with van der Waals surface area (Å²) >= 11 is 0. The van der Waals surface area contributed by atoms with Gasteiger partial charge in [0.05, 0.1) is 5.60 Å². The van der Waals surface area contributed by atoms with Crippen molar-refractivity contribution >= 4 is 0 Å². The van der Waals surface area contributed by atoms with Crippen LogP contribution in [-0.2, 0) is 6.42 Å². The highest BCUT2D eigenvalue weighted by atomic mass is 16.3. The minimum absolute atomic E-state index is 0.376. The van der Waals surface area contributed by atoms with Gasteiger partial charge in [0.1, 0.15) is 0 Å². The summed E-state index contributed by atoms with van der Waals surface area (Å²) in [6.45, 7) is 11.2. The van der Waals surface area contributed by atoms with Crippen LogP contribution in [0.15, 0.2) is 18.2 Å². The van der Waals surface area contributed by atoms with E-state index in [1.54, 1.807) is 0 Å². The van der Waals surface area contributed by atoms with Crippen LogP contribution in [0.3, 0.4) is 0 Å². The van der Waals surface area contributed by atoms with Crippen LogP contribution in [0.25, 0.3) is 0 Å². The van der Waals surface area contributed by atoms with Crippen molar-refractivity contribution in [1.29, 1.82) is 0 Å². The number of hydrogen-bond donors (Lipinski definition) is 1. The molecule has 0 saturated heterocycles. The van der Waals surface area contributed by atoms with Gasteiger partial charge < -0.3 is 5.11 Å². The second kappa shape index (κ2) is 5.52. The third-order valence-corrected chi connectivity index (χ3v) is 4.96. The van der Waals surface area contributed by atoms with Gasteiger partial charge in [-0.1, -0.05) is 50.1 Å². The first kappa shape index (κ1) is 15.6. The highest BCUT2D eigenvalue weighted by Gasteiger charge is 2.37. The maximum Gasteiger partial charge on any atom is 0.0688 e. The Bertz CT molecular complexity index is 439. The van der Waals surface area contributed by atoms with Gasteiger partial charge in [0.2, 0.25) is 0 Å². The average molecular weight is 274 g/mol. The Hall–Kier alpha value is -0.820. The summed E-state index contributed by atoms with van der Waals surface area (Å²) in [5.41, 5.74) is 3.78. The molecule has 0 radical (unpaired) electrons. The lowest BCUT2D eigenvalue weighted by atomic mass is 9.67. The normalized spacial score (nSPS) is 27.6. The van der Waals surface area contributed by atoms with Crippen LogP contribution in [0.4, 0.5) is 0 Å². The average Bonchev–Trinajstić information content (AvgIpc) is 2.25. The zero-order chi connectivity index (χ0) is 15.0. The van der Waals surface area contributed by atoms with Gasteiger partial charge in [-0.2, -0.15) is 0 Å². The van der Waals surface area contributed by atoms with E-state index in [0.29, 0.717) is 5.41 Å². The third-order valence-electron chi connectivity index (χ3n) is 4.96. The van der Waals surface area contributed by atoms with Crippen molar-refractivity contribution < 1.29 is 5.11 Å². The maximum atomic E-state index is 10.9. The molecule has 0 spiro atoms. The van der Waals surface area contributed by atoms with Gasteiger partial charge in [-0.05, 0) is 56.4 Å². The predicted octanol–water partition coefficient (Wildman–Crippen LogP) is 4.81. The molecule has 1 saturated carbocycles. The fourth-order valence-corrected chi connectivity index (χ4v) is 3.75. The molecule has 20 heavy (non-hydrogen) atoms. The summed E-state index contributed by atoms with van der Waals surface area (Å²) in [7, 11) is 0. The van der Waals surface area contributed by atoms with E-state index in [2.05, 4.69) is 52.8 Å². The van der Waals surface area contributed by atoms with E-state index >= 15 is 0 Å². The van der Waals surface area contributed by atoms with Gasteiger partial charge in [-0.25, -0.2) is 0 Å². The van der Waals surface area contributed by atoms with E-state index in [1.165, 1.54) is 16.7 Å². The molecule has 0 amide bonds. The summed E-state index contributed by atoms with van der Waals surface area (Å²) in [4.78, 5) is 0. The van der Waals surface area contributed by atoms with Crippen molar-refractivity contribution in [2.75, 3.05) is 0 Å². The number of benzene rings is 1. The molecule has 0 aliphatic heterocycles. The van der Waals surface area contributed by atoms with Gasteiger partial charge in [0, 0.05) is 6.42 Å². The summed E-state index contributed by atoms with van der Waals surface area (Å²) < 4.78 is 0. The molecule has 1 aliphatic rings. The lowest BCUT2D eigenvalue weighted by molar-refractivity contribution is -0.0245. The molecule has 2 rings (SSSR count). The Morgan fingerprint density at radius 3 is 2.00 bits per heavy atom. The van der Waals surface area contributed by atoms with Crippen molar-refractivity contribution in [2.24, 2.45) is 11.3 Å². The molecule has 0 unspecified atom stereocenters. The third kappa shape index (κ3) is 3.85. The highest BCUT2D eigenvalue weighted by Crippen LogP contribution is 2.42. The first-order valence-electron chi connectivity index (χ1n) is 7.98. The molecule has 1 aliphatic carbocycles. The fourth-order valence-electron chi connectivity index (χ4n) is 3.75. The quantitative estimate of drug-likeness (QED) is 0.820. The first-order valence-corrected chi connectivity index (χ1v) is 7.98. The molecule has 1 nitrogen and oxygen atoms in total. The van der Waals surface area contributed by atoms with Crippen LogP contribution in [0, 0.1) is 25.2 Å². The molecule has 0 atom stereocenters. The molecule has 1 N–H and O–H groups in total. The zero-order valence-corrected chi connectivity index (χ0v) is 13.8.